The standard InChI is InChI=1S/C13H14N4O6S2.2Na.2H/c1-4(18)6-10(21)17-7(12(22)23)5(25-11(6)17)3-24-13-14-8(19)9(20)15-16(13)2;;;;/h4,6,11,18H,3H2,1-2H3,(H,15,20)(H,22,23);;;;/q;2*+1;2*-1/t4?,6-,11+;;;;/m0..../s1. The predicted octanol–water partition coefficient (Wildman–Crippen LogP) is -7.00. The van der Waals surface area contributed by atoms with Crippen LogP contribution >= 0.6 is 23.5 Å². The number of aliphatic hydroxyl groups excluding tert-OH is 1. The number of hydrogen-bond donors (Lipinski definition) is 3. The van der Waals surface area contributed by atoms with Crippen molar-refractivity contribution in [3.63, 3.8) is 0 Å². The first-order valence-corrected chi connectivity index (χ1v) is 9.03. The van der Waals surface area contributed by atoms with E-state index in [9.17, 15) is 29.4 Å². The molecule has 2 aliphatic heterocycles. The third-order valence-corrected chi connectivity index (χ3v) is 6.46. The van der Waals surface area contributed by atoms with Gasteiger partial charge in [-0.3, -0.25) is 29.1 Å². The van der Waals surface area contributed by atoms with Crippen LogP contribution in [0.2, 0.25) is 0 Å². The van der Waals surface area contributed by atoms with Crippen LogP contribution in [0.25, 0.3) is 0 Å². The van der Waals surface area contributed by atoms with Crippen LogP contribution in [0, 0.1) is 5.92 Å². The van der Waals surface area contributed by atoms with Crippen molar-refractivity contribution in [1.82, 2.24) is 19.7 Å². The van der Waals surface area contributed by atoms with Crippen molar-refractivity contribution in [3.05, 3.63) is 31.3 Å². The summed E-state index contributed by atoms with van der Waals surface area (Å²) in [7, 11) is 1.50. The Morgan fingerprint density at radius 2 is 2.04 bits per heavy atom. The number of amides is 1. The van der Waals surface area contributed by atoms with Crippen LogP contribution in [0.15, 0.2) is 25.3 Å². The molecule has 138 valence electrons. The van der Waals surface area contributed by atoms with Gasteiger partial charge in [-0.15, -0.1) is 11.8 Å². The number of aryl methyl sites for hydroxylation is 1. The van der Waals surface area contributed by atoms with E-state index in [1.54, 1.807) is 0 Å². The number of carboxylic acids is 1. The topological polar surface area (TPSA) is 146 Å². The zero-order valence-corrected chi connectivity index (χ0v) is 20.8. The zero-order valence-electron chi connectivity index (χ0n) is 17.1. The van der Waals surface area contributed by atoms with E-state index >= 15 is 0 Å². The number of aliphatic carboxylic acids is 1. The van der Waals surface area contributed by atoms with Crippen molar-refractivity contribution in [2.75, 3.05) is 5.75 Å². The maximum absolute atomic E-state index is 12.1. The van der Waals surface area contributed by atoms with Crippen molar-refractivity contribution >= 4 is 35.4 Å². The number of hydrogen-bond acceptors (Lipinski definition) is 8. The molecule has 3 rings (SSSR count). The van der Waals surface area contributed by atoms with Crippen LogP contribution in [0.1, 0.15) is 9.78 Å². The quantitative estimate of drug-likeness (QED) is 0.178. The van der Waals surface area contributed by atoms with Gasteiger partial charge in [0.25, 0.3) is 0 Å². The molecule has 0 spiro atoms. The van der Waals surface area contributed by atoms with Crippen LogP contribution in [-0.4, -0.2) is 59.0 Å². The molecule has 27 heavy (non-hydrogen) atoms. The average molecular weight is 434 g/mol. The Bertz CT molecular complexity index is 925. The summed E-state index contributed by atoms with van der Waals surface area (Å²) in [4.78, 5) is 51.5. The van der Waals surface area contributed by atoms with E-state index in [-0.39, 0.29) is 78.6 Å². The normalized spacial score (nSPS) is 21.7. The molecule has 3 heterocycles. The molecule has 0 radical (unpaired) electrons. The van der Waals surface area contributed by atoms with Gasteiger partial charge in [0.05, 0.1) is 12.0 Å². The van der Waals surface area contributed by atoms with Crippen molar-refractivity contribution < 1.29 is 81.8 Å². The number of carboxylic acid groups (broad SMARTS) is 1. The summed E-state index contributed by atoms with van der Waals surface area (Å²) < 4.78 is 1.27. The minimum Gasteiger partial charge on any atom is -1.00 e. The van der Waals surface area contributed by atoms with E-state index in [0.29, 0.717) is 4.91 Å². The van der Waals surface area contributed by atoms with E-state index in [1.807, 2.05) is 0 Å². The molecule has 14 heteroatoms. The maximum atomic E-state index is 12.1. The van der Waals surface area contributed by atoms with Gasteiger partial charge < -0.3 is 13.1 Å². The number of fused-ring (bicyclic) bond motifs is 1. The number of rotatable bonds is 5. The number of aliphatic hydroxyl groups is 1. The molecule has 0 saturated carbocycles. The Kier molecular flexibility index (Phi) is 8.92. The second kappa shape index (κ2) is 9.63. The molecule has 10 nitrogen and oxygen atoms in total. The van der Waals surface area contributed by atoms with E-state index in [0.717, 1.165) is 11.8 Å². The molecule has 3 atom stereocenters. The first-order valence-electron chi connectivity index (χ1n) is 7.16. The number of nitrogens with zero attached hydrogens (tertiary/aromatic N) is 3. The molecule has 2 aliphatic rings. The number of carbonyl (C=O) groups is 2. The summed E-state index contributed by atoms with van der Waals surface area (Å²) in [6, 6.07) is 0. The minimum absolute atomic E-state index is 0. The first kappa shape index (κ1) is 25.0. The smallest absolute Gasteiger partial charge is 1.00 e. The van der Waals surface area contributed by atoms with E-state index in [2.05, 4.69) is 10.1 Å². The van der Waals surface area contributed by atoms with Crippen LogP contribution in [0.3, 0.4) is 0 Å². The Balaban J connectivity index is 0. The van der Waals surface area contributed by atoms with E-state index in [4.69, 9.17) is 0 Å². The van der Waals surface area contributed by atoms with Gasteiger partial charge in [0, 0.05) is 17.7 Å². The molecule has 0 bridgehead atoms. The number of H-pyrrole nitrogens is 1. The molecule has 1 aromatic rings. The summed E-state index contributed by atoms with van der Waals surface area (Å²) in [5.41, 5.74) is -1.89. The Labute approximate surface area is 208 Å². The maximum Gasteiger partial charge on any atom is 1.00 e. The first-order chi connectivity index (χ1) is 11.7. The number of aromatic nitrogens is 3. The Morgan fingerprint density at radius 3 is 2.59 bits per heavy atom. The third-order valence-electron chi connectivity index (χ3n) is 3.85. The molecule has 0 aromatic carbocycles. The average Bonchev–Trinajstić information content (AvgIpc) is 2.83. The SMILES string of the molecule is CC(O)[C@H]1C(=O)N2C(C(=O)O)=C(CSc3nc(=O)c(=O)[nH]n3C)S[C@H]12.[H-].[H-].[Na+].[Na+]. The van der Waals surface area contributed by atoms with Gasteiger partial charge in [0.2, 0.25) is 5.91 Å². The van der Waals surface area contributed by atoms with Crippen LogP contribution < -0.4 is 70.2 Å². The number of thioether (sulfide) groups is 2. The Morgan fingerprint density at radius 1 is 1.41 bits per heavy atom. The predicted molar refractivity (Wildman–Crippen MR) is 91.1 cm³/mol. The zero-order chi connectivity index (χ0) is 18.5. The number of carbonyl (C=O) groups excluding carboxylic acids is 1. The molecule has 1 unspecified atom stereocenters. The van der Waals surface area contributed by atoms with Crippen LogP contribution in [-0.2, 0) is 16.6 Å². The summed E-state index contributed by atoms with van der Waals surface area (Å²) >= 11 is 2.28. The molecular formula is C13H16N4Na2O6S2. The Hall–Kier alpha value is -0.0500. The molecule has 1 fully saturated rings. The van der Waals surface area contributed by atoms with Crippen LogP contribution in [0.5, 0.6) is 0 Å². The number of nitrogens with one attached hydrogen (secondary N) is 1. The monoisotopic (exact) mass is 434 g/mol. The summed E-state index contributed by atoms with van der Waals surface area (Å²) in [6.07, 6.45) is -0.870. The largest absolute Gasteiger partial charge is 1.00 e. The van der Waals surface area contributed by atoms with Crippen molar-refractivity contribution in [2.24, 2.45) is 13.0 Å². The second-order valence-electron chi connectivity index (χ2n) is 5.55. The van der Waals surface area contributed by atoms with Gasteiger partial charge in [-0.2, -0.15) is 4.98 Å². The van der Waals surface area contributed by atoms with Crippen LogP contribution in [0.4, 0.5) is 0 Å². The molecule has 0 aliphatic carbocycles. The van der Waals surface area contributed by atoms with Gasteiger partial charge in [-0.05, 0) is 6.92 Å². The molecular weight excluding hydrogens is 418 g/mol. The van der Waals surface area contributed by atoms with Gasteiger partial charge in [0.1, 0.15) is 11.1 Å². The second-order valence-corrected chi connectivity index (χ2v) is 7.70. The van der Waals surface area contributed by atoms with Gasteiger partial charge in [-0.25, -0.2) is 4.79 Å². The fraction of sp³-hybridized carbons (Fsp3) is 0.462. The van der Waals surface area contributed by atoms with Crippen molar-refractivity contribution in [3.8, 4) is 0 Å². The fourth-order valence-corrected chi connectivity index (χ4v) is 5.30. The van der Waals surface area contributed by atoms with Gasteiger partial charge in [-0.1, -0.05) is 11.8 Å². The van der Waals surface area contributed by atoms with Gasteiger partial charge >= 0.3 is 76.2 Å². The van der Waals surface area contributed by atoms with E-state index in [1.165, 1.54) is 35.3 Å². The summed E-state index contributed by atoms with van der Waals surface area (Å²) in [5.74, 6) is -2.13. The third kappa shape index (κ3) is 4.59. The van der Waals surface area contributed by atoms with Gasteiger partial charge in [0.15, 0.2) is 5.16 Å². The molecule has 1 saturated heterocycles. The number of aromatic amines is 1. The molecule has 3 N–H and O–H groups in total. The van der Waals surface area contributed by atoms with E-state index < -0.39 is 40.4 Å². The fourth-order valence-electron chi connectivity index (χ4n) is 2.67. The minimum atomic E-state index is -1.23. The van der Waals surface area contributed by atoms with Crippen molar-refractivity contribution in [2.45, 2.75) is 23.6 Å². The molecule has 1 amide bonds. The molecule has 1 aromatic heterocycles. The summed E-state index contributed by atoms with van der Waals surface area (Å²) in [6.45, 7) is 1.49. The summed E-state index contributed by atoms with van der Waals surface area (Å²) in [5, 5.41) is 21.2. The van der Waals surface area contributed by atoms with Crippen molar-refractivity contribution in [1.29, 1.82) is 0 Å². The number of β-lactam (4-membered cyclic amide) rings is 1.